The number of amides is 2. The molecule has 2 saturated heterocycles. The molecule has 234 valence electrons. The number of hydrogen-bond acceptors (Lipinski definition) is 4. The molecule has 1 aliphatic carbocycles. The van der Waals surface area contributed by atoms with Gasteiger partial charge in [-0.1, -0.05) is 39.7 Å². The summed E-state index contributed by atoms with van der Waals surface area (Å²) >= 11 is 14.0. The lowest BCUT2D eigenvalue weighted by Crippen LogP contribution is -2.43. The second-order valence-electron chi connectivity index (χ2n) is 12.7. The number of rotatable bonds is 5. The molecule has 2 fully saturated rings. The molecule has 0 unspecified atom stereocenters. The van der Waals surface area contributed by atoms with Crippen molar-refractivity contribution in [2.45, 2.75) is 57.4 Å². The van der Waals surface area contributed by atoms with E-state index in [1.807, 2.05) is 46.0 Å². The second kappa shape index (κ2) is 13.2. The van der Waals surface area contributed by atoms with Gasteiger partial charge in [0.1, 0.15) is 6.54 Å². The van der Waals surface area contributed by atoms with Crippen LogP contribution in [-0.4, -0.2) is 62.3 Å². The first-order valence-electron chi connectivity index (χ1n) is 15.9. The van der Waals surface area contributed by atoms with E-state index in [0.29, 0.717) is 37.9 Å². The smallest absolute Gasteiger partial charge is 0.242 e. The van der Waals surface area contributed by atoms with Crippen molar-refractivity contribution in [3.05, 3.63) is 91.3 Å². The summed E-state index contributed by atoms with van der Waals surface area (Å²) in [5.41, 5.74) is 6.92. The number of aromatic nitrogens is 3. The third-order valence-corrected chi connectivity index (χ3v) is 11.4. The molecule has 3 aliphatic rings. The average Bonchev–Trinajstić information content (AvgIpc) is 3.37. The Morgan fingerprint density at radius 2 is 1.58 bits per heavy atom. The minimum Gasteiger partial charge on any atom is -0.343 e. The number of fused-ring (bicyclic) bond motifs is 3. The minimum atomic E-state index is 0.113. The number of nitrogens with zero attached hydrogens (tertiary/aromatic N) is 5. The number of halogens is 3. The summed E-state index contributed by atoms with van der Waals surface area (Å²) in [6, 6.07) is 14.2. The topological polar surface area (TPSA) is 71.3 Å². The number of carbonyl (C=O) groups is 2. The minimum absolute atomic E-state index is 0.113. The van der Waals surface area contributed by atoms with Crippen LogP contribution in [0.15, 0.2) is 63.9 Å². The fourth-order valence-corrected chi connectivity index (χ4v) is 9.16. The Bertz CT molecular complexity index is 1740. The van der Waals surface area contributed by atoms with Crippen LogP contribution in [0.5, 0.6) is 0 Å². The number of imidazole rings is 1. The Labute approximate surface area is 285 Å². The maximum absolute atomic E-state index is 13.5. The van der Waals surface area contributed by atoms with Gasteiger partial charge < -0.3 is 14.4 Å². The third kappa shape index (κ3) is 6.45. The highest BCUT2D eigenvalue weighted by atomic mass is 79.9. The molecular weight excluding hydrogens is 718 g/mol. The number of likely N-dealkylation sites (tertiary alicyclic amines) is 2. The SMILES string of the molecule is O=C(CC1CCN(C(=O)Cn2cnc3ccccc32)CC1)N1CCC([C@H]2c3ncc(Br)cc3CCc3cc(Cl)cc(Br)c32)CC1. The summed E-state index contributed by atoms with van der Waals surface area (Å²) in [5.74, 6) is 1.23. The zero-order valence-corrected chi connectivity index (χ0v) is 29.0. The fraction of sp³-hybridized carbons (Fsp3) is 0.429. The van der Waals surface area contributed by atoms with E-state index in [4.69, 9.17) is 16.6 Å². The monoisotopic (exact) mass is 751 g/mol. The molecule has 0 saturated carbocycles. The van der Waals surface area contributed by atoms with Crippen LogP contribution >= 0.6 is 43.5 Å². The number of carbonyl (C=O) groups excluding carboxylic acids is 2. The van der Waals surface area contributed by atoms with Gasteiger partial charge in [-0.2, -0.15) is 0 Å². The normalized spacial score (nSPS) is 19.3. The number of benzene rings is 2. The Kier molecular flexibility index (Phi) is 9.03. The number of para-hydroxylation sites is 2. The first-order valence-corrected chi connectivity index (χ1v) is 17.9. The lowest BCUT2D eigenvalue weighted by atomic mass is 9.76. The van der Waals surface area contributed by atoms with Gasteiger partial charge in [0.2, 0.25) is 11.8 Å². The van der Waals surface area contributed by atoms with Gasteiger partial charge in [-0.05, 0) is 113 Å². The van der Waals surface area contributed by atoms with E-state index in [0.717, 1.165) is 82.3 Å². The summed E-state index contributed by atoms with van der Waals surface area (Å²) in [4.78, 5) is 39.9. The van der Waals surface area contributed by atoms with Crippen LogP contribution in [0.1, 0.15) is 60.4 Å². The van der Waals surface area contributed by atoms with Gasteiger partial charge in [0.15, 0.2) is 0 Å². The van der Waals surface area contributed by atoms with E-state index in [1.165, 1.54) is 16.7 Å². The molecule has 0 radical (unpaired) electrons. The molecule has 2 aromatic heterocycles. The molecule has 4 aromatic rings. The van der Waals surface area contributed by atoms with Gasteiger partial charge in [-0.3, -0.25) is 14.6 Å². The summed E-state index contributed by atoms with van der Waals surface area (Å²) in [5, 5.41) is 0.752. The van der Waals surface area contributed by atoms with Gasteiger partial charge in [0.25, 0.3) is 0 Å². The van der Waals surface area contributed by atoms with E-state index >= 15 is 0 Å². The van der Waals surface area contributed by atoms with Crippen LogP contribution in [0, 0.1) is 11.8 Å². The van der Waals surface area contributed by atoms with Crippen molar-refractivity contribution in [2.75, 3.05) is 26.2 Å². The molecule has 0 spiro atoms. The van der Waals surface area contributed by atoms with Crippen LogP contribution in [-0.2, 0) is 29.0 Å². The van der Waals surface area contributed by atoms with Crippen LogP contribution in [0.25, 0.3) is 11.0 Å². The highest BCUT2D eigenvalue weighted by Crippen LogP contribution is 2.46. The molecule has 45 heavy (non-hydrogen) atoms. The molecule has 1 atom stereocenters. The van der Waals surface area contributed by atoms with E-state index in [2.05, 4.69) is 53.9 Å². The van der Waals surface area contributed by atoms with Crippen molar-refractivity contribution in [3.8, 4) is 0 Å². The van der Waals surface area contributed by atoms with Crippen molar-refractivity contribution < 1.29 is 9.59 Å². The Balaban J connectivity index is 0.958. The molecule has 10 heteroatoms. The summed E-state index contributed by atoms with van der Waals surface area (Å²) in [6.45, 7) is 3.23. The molecule has 4 heterocycles. The van der Waals surface area contributed by atoms with E-state index < -0.39 is 0 Å². The van der Waals surface area contributed by atoms with E-state index in [9.17, 15) is 9.59 Å². The molecular formula is C35H36Br2ClN5O2. The van der Waals surface area contributed by atoms with Crippen molar-refractivity contribution in [2.24, 2.45) is 11.8 Å². The van der Waals surface area contributed by atoms with Crippen LogP contribution in [0.2, 0.25) is 5.02 Å². The first kappa shape index (κ1) is 30.9. The highest BCUT2D eigenvalue weighted by Gasteiger charge is 2.37. The third-order valence-electron chi connectivity index (χ3n) is 10.0. The van der Waals surface area contributed by atoms with Gasteiger partial charge in [0, 0.05) is 58.7 Å². The average molecular weight is 754 g/mol. The number of pyridine rings is 1. The lowest BCUT2D eigenvalue weighted by Gasteiger charge is -2.38. The molecule has 2 amide bonds. The number of aryl methyl sites for hydroxylation is 2. The largest absolute Gasteiger partial charge is 0.343 e. The van der Waals surface area contributed by atoms with E-state index in [-0.39, 0.29) is 17.7 Å². The number of hydrogen-bond donors (Lipinski definition) is 0. The Morgan fingerprint density at radius 3 is 2.38 bits per heavy atom. The van der Waals surface area contributed by atoms with Gasteiger partial charge in [0.05, 0.1) is 23.1 Å². The predicted molar refractivity (Wildman–Crippen MR) is 183 cm³/mol. The second-order valence-corrected chi connectivity index (χ2v) is 15.0. The molecule has 2 aliphatic heterocycles. The van der Waals surface area contributed by atoms with Crippen LogP contribution < -0.4 is 0 Å². The van der Waals surface area contributed by atoms with Crippen LogP contribution in [0.3, 0.4) is 0 Å². The Morgan fingerprint density at radius 1 is 0.867 bits per heavy atom. The zero-order valence-electron chi connectivity index (χ0n) is 25.1. The molecule has 0 N–H and O–H groups in total. The van der Waals surface area contributed by atoms with Crippen molar-refractivity contribution in [1.82, 2.24) is 24.3 Å². The van der Waals surface area contributed by atoms with Crippen molar-refractivity contribution in [1.29, 1.82) is 0 Å². The van der Waals surface area contributed by atoms with Crippen molar-refractivity contribution in [3.63, 3.8) is 0 Å². The van der Waals surface area contributed by atoms with Gasteiger partial charge >= 0.3 is 0 Å². The summed E-state index contributed by atoms with van der Waals surface area (Å²) in [6.07, 6.45) is 9.70. The predicted octanol–water partition coefficient (Wildman–Crippen LogP) is 7.41. The standard InChI is InChI=1S/C35H36Br2ClN5O2/c36-26-16-25-6-5-24-17-27(38)18-28(37)33(24)34(35(25)39-19-26)23-9-13-41(14-10-23)31(44)15-22-7-11-42(12-8-22)32(45)20-43-21-40-29-3-1-2-4-30(29)43/h1-4,16-19,21-23,34H,5-15,20H2/t34-/m1/s1. The molecule has 0 bridgehead atoms. The first-order chi connectivity index (χ1) is 21.8. The maximum Gasteiger partial charge on any atom is 0.242 e. The molecule has 2 aromatic carbocycles. The molecule has 7 nitrogen and oxygen atoms in total. The van der Waals surface area contributed by atoms with Gasteiger partial charge in [-0.25, -0.2) is 4.98 Å². The van der Waals surface area contributed by atoms with Gasteiger partial charge in [-0.15, -0.1) is 0 Å². The fourth-order valence-electron chi connectivity index (χ4n) is 7.66. The zero-order chi connectivity index (χ0) is 31.1. The lowest BCUT2D eigenvalue weighted by molar-refractivity contribution is -0.135. The molecule has 7 rings (SSSR count). The van der Waals surface area contributed by atoms with E-state index in [1.54, 1.807) is 6.33 Å². The van der Waals surface area contributed by atoms with Crippen LogP contribution in [0.4, 0.5) is 0 Å². The number of piperidine rings is 2. The highest BCUT2D eigenvalue weighted by molar-refractivity contribution is 9.10. The quantitative estimate of drug-likeness (QED) is 0.213. The van der Waals surface area contributed by atoms with Crippen molar-refractivity contribution >= 4 is 66.3 Å². The maximum atomic E-state index is 13.5. The Hall–Kier alpha value is -2.75. The summed E-state index contributed by atoms with van der Waals surface area (Å²) < 4.78 is 3.98. The summed E-state index contributed by atoms with van der Waals surface area (Å²) in [7, 11) is 0.